The number of methoxy groups -OCH3 is 1. The first-order valence-corrected chi connectivity index (χ1v) is 8.14. The minimum absolute atomic E-state index is 0. The largest absolute Gasteiger partial charge is 0.482 e. The van der Waals surface area contributed by atoms with Crippen LogP contribution in [-0.4, -0.2) is 32.1 Å². The van der Waals surface area contributed by atoms with Crippen molar-refractivity contribution < 1.29 is 19.1 Å². The summed E-state index contributed by atoms with van der Waals surface area (Å²) in [6.07, 6.45) is 1.91. The lowest BCUT2D eigenvalue weighted by atomic mass is 9.97. The van der Waals surface area contributed by atoms with Crippen LogP contribution in [0.15, 0.2) is 42.5 Å². The molecule has 0 aliphatic carbocycles. The summed E-state index contributed by atoms with van der Waals surface area (Å²) >= 11 is 0. The summed E-state index contributed by atoms with van der Waals surface area (Å²) < 4.78 is 9.80. The molecule has 0 atom stereocenters. The number of nitrogens with one attached hydrogen (secondary N) is 2. The minimum Gasteiger partial charge on any atom is -0.482 e. The van der Waals surface area contributed by atoms with Crippen molar-refractivity contribution >= 4 is 35.7 Å². The highest BCUT2D eigenvalue weighted by Gasteiger charge is 2.17. The van der Waals surface area contributed by atoms with E-state index in [1.165, 1.54) is 7.11 Å². The number of ether oxygens (including phenoxy) is 2. The average molecular weight is 377 g/mol. The Hall–Kier alpha value is -2.73. The Morgan fingerprint density at radius 2 is 1.92 bits per heavy atom. The highest BCUT2D eigenvalue weighted by molar-refractivity contribution is 6.06. The van der Waals surface area contributed by atoms with Crippen LogP contribution in [0.2, 0.25) is 0 Å². The molecule has 0 aromatic heterocycles. The number of hydrogen-bond donors (Lipinski definition) is 2. The van der Waals surface area contributed by atoms with E-state index in [0.29, 0.717) is 17.0 Å². The van der Waals surface area contributed by atoms with E-state index in [-0.39, 0.29) is 24.9 Å². The maximum atomic E-state index is 12.6. The number of esters is 1. The van der Waals surface area contributed by atoms with E-state index in [1.54, 1.807) is 24.3 Å². The van der Waals surface area contributed by atoms with Crippen LogP contribution in [0, 0.1) is 0 Å². The number of carbonyl (C=O) groups excluding carboxylic acids is 2. The molecule has 0 fully saturated rings. The van der Waals surface area contributed by atoms with Gasteiger partial charge in [0.25, 0.3) is 5.91 Å². The van der Waals surface area contributed by atoms with Crippen molar-refractivity contribution in [1.82, 2.24) is 0 Å². The molecule has 0 bridgehead atoms. The van der Waals surface area contributed by atoms with Crippen LogP contribution in [0.4, 0.5) is 11.4 Å². The fraction of sp³-hybridized carbons (Fsp3) is 0.263. The summed E-state index contributed by atoms with van der Waals surface area (Å²) in [6.45, 7) is 0.788. The predicted molar refractivity (Wildman–Crippen MR) is 102 cm³/mol. The zero-order valence-electron chi connectivity index (χ0n) is 14.4. The molecule has 1 aliphatic heterocycles. The molecule has 2 aromatic rings. The second-order valence-corrected chi connectivity index (χ2v) is 5.71. The van der Waals surface area contributed by atoms with E-state index in [2.05, 4.69) is 15.4 Å². The molecule has 0 saturated carbocycles. The molecule has 3 rings (SSSR count). The van der Waals surface area contributed by atoms with Gasteiger partial charge < -0.3 is 20.1 Å². The van der Waals surface area contributed by atoms with Crippen molar-refractivity contribution in [3.63, 3.8) is 0 Å². The number of amides is 1. The predicted octanol–water partition coefficient (Wildman–Crippen LogP) is 3.27. The third-order valence-corrected chi connectivity index (χ3v) is 4.04. The molecule has 0 spiro atoms. The summed E-state index contributed by atoms with van der Waals surface area (Å²) in [6, 6.07) is 12.6. The standard InChI is InChI=1S/C19H20N2O4.ClH/c1-24-18(22)12-25-14-9-7-13(8-10-14)21-19(23)16-4-2-6-17-15(16)5-3-11-20-17;/h2,4,6-10,20H,3,5,11-12H2,1H3,(H,21,23);1H. The lowest BCUT2D eigenvalue weighted by Gasteiger charge is -2.20. The maximum absolute atomic E-state index is 12.6. The average Bonchev–Trinajstić information content (AvgIpc) is 2.66. The first-order chi connectivity index (χ1) is 12.2. The van der Waals surface area contributed by atoms with Crippen LogP contribution in [0.3, 0.4) is 0 Å². The molecule has 138 valence electrons. The van der Waals surface area contributed by atoms with Crippen LogP contribution < -0.4 is 15.4 Å². The highest BCUT2D eigenvalue weighted by atomic mass is 35.5. The van der Waals surface area contributed by atoms with Gasteiger partial charge >= 0.3 is 5.97 Å². The van der Waals surface area contributed by atoms with Crippen molar-refractivity contribution in [2.24, 2.45) is 0 Å². The molecular weight excluding hydrogens is 356 g/mol. The van der Waals surface area contributed by atoms with E-state index in [4.69, 9.17) is 4.74 Å². The van der Waals surface area contributed by atoms with Crippen LogP contribution in [0.1, 0.15) is 22.3 Å². The first kappa shape index (κ1) is 19.6. The van der Waals surface area contributed by atoms with Gasteiger partial charge in [0.2, 0.25) is 0 Å². The fourth-order valence-electron chi connectivity index (χ4n) is 2.76. The highest BCUT2D eigenvalue weighted by Crippen LogP contribution is 2.26. The van der Waals surface area contributed by atoms with Gasteiger partial charge in [0.15, 0.2) is 6.61 Å². The molecule has 1 heterocycles. The Bertz CT molecular complexity index is 778. The summed E-state index contributed by atoms with van der Waals surface area (Å²) in [4.78, 5) is 23.7. The number of benzene rings is 2. The lowest BCUT2D eigenvalue weighted by Crippen LogP contribution is -2.19. The Morgan fingerprint density at radius 3 is 2.65 bits per heavy atom. The van der Waals surface area contributed by atoms with Crippen molar-refractivity contribution in [3.05, 3.63) is 53.6 Å². The Balaban J connectivity index is 0.00000243. The molecule has 2 N–H and O–H groups in total. The zero-order valence-corrected chi connectivity index (χ0v) is 15.2. The molecule has 26 heavy (non-hydrogen) atoms. The van der Waals surface area contributed by atoms with Crippen LogP contribution in [-0.2, 0) is 16.0 Å². The maximum Gasteiger partial charge on any atom is 0.343 e. The third kappa shape index (κ3) is 4.67. The topological polar surface area (TPSA) is 76.7 Å². The monoisotopic (exact) mass is 376 g/mol. The summed E-state index contributed by atoms with van der Waals surface area (Å²) in [5, 5.41) is 6.22. The van der Waals surface area contributed by atoms with Crippen LogP contribution in [0.25, 0.3) is 0 Å². The van der Waals surface area contributed by atoms with E-state index >= 15 is 0 Å². The number of hydrogen-bond acceptors (Lipinski definition) is 5. The smallest absolute Gasteiger partial charge is 0.343 e. The Kier molecular flexibility index (Phi) is 6.86. The van der Waals surface area contributed by atoms with Crippen LogP contribution in [0.5, 0.6) is 5.75 Å². The second kappa shape index (κ2) is 9.10. The van der Waals surface area contributed by atoms with Gasteiger partial charge in [0, 0.05) is 23.5 Å². The molecule has 7 heteroatoms. The van der Waals surface area contributed by atoms with Crippen molar-refractivity contribution in [3.8, 4) is 5.75 Å². The number of halogens is 1. The van der Waals surface area contributed by atoms with E-state index in [9.17, 15) is 9.59 Å². The summed E-state index contributed by atoms with van der Waals surface area (Å²) in [7, 11) is 1.31. The Labute approximate surface area is 158 Å². The van der Waals surface area contributed by atoms with Gasteiger partial charge in [-0.2, -0.15) is 0 Å². The van der Waals surface area contributed by atoms with E-state index < -0.39 is 5.97 Å². The molecule has 1 aliphatic rings. The summed E-state index contributed by atoms with van der Waals surface area (Å²) in [5.74, 6) is -0.0479. The minimum atomic E-state index is -0.445. The fourth-order valence-corrected chi connectivity index (χ4v) is 2.76. The lowest BCUT2D eigenvalue weighted by molar-refractivity contribution is -0.142. The third-order valence-electron chi connectivity index (χ3n) is 4.04. The van der Waals surface area contributed by atoms with Crippen molar-refractivity contribution in [2.45, 2.75) is 12.8 Å². The van der Waals surface area contributed by atoms with E-state index in [0.717, 1.165) is 30.6 Å². The first-order valence-electron chi connectivity index (χ1n) is 8.14. The molecule has 0 saturated heterocycles. The summed E-state index contributed by atoms with van der Waals surface area (Å²) in [5.41, 5.74) is 3.45. The van der Waals surface area contributed by atoms with Gasteiger partial charge in [0.1, 0.15) is 5.75 Å². The van der Waals surface area contributed by atoms with Crippen LogP contribution >= 0.6 is 12.4 Å². The molecule has 0 unspecified atom stereocenters. The molecular formula is C19H21ClN2O4. The Morgan fingerprint density at radius 1 is 1.15 bits per heavy atom. The number of fused-ring (bicyclic) bond motifs is 1. The molecule has 6 nitrogen and oxygen atoms in total. The number of carbonyl (C=O) groups is 2. The molecule has 0 radical (unpaired) electrons. The normalized spacial score (nSPS) is 12.0. The van der Waals surface area contributed by atoms with Gasteiger partial charge in [0.05, 0.1) is 7.11 Å². The second-order valence-electron chi connectivity index (χ2n) is 5.71. The quantitative estimate of drug-likeness (QED) is 0.783. The van der Waals surface area contributed by atoms with Crippen molar-refractivity contribution in [2.75, 3.05) is 30.9 Å². The number of anilines is 2. The van der Waals surface area contributed by atoms with Gasteiger partial charge in [-0.1, -0.05) is 6.07 Å². The SMILES string of the molecule is COC(=O)COc1ccc(NC(=O)c2cccc3c2CCCN3)cc1.Cl. The molecule has 2 aromatic carbocycles. The van der Waals surface area contributed by atoms with Gasteiger partial charge in [-0.15, -0.1) is 12.4 Å². The van der Waals surface area contributed by atoms with Gasteiger partial charge in [-0.3, -0.25) is 4.79 Å². The zero-order chi connectivity index (χ0) is 17.6. The van der Waals surface area contributed by atoms with Gasteiger partial charge in [-0.25, -0.2) is 4.79 Å². The molecule has 1 amide bonds. The van der Waals surface area contributed by atoms with Gasteiger partial charge in [-0.05, 0) is 54.8 Å². The van der Waals surface area contributed by atoms with E-state index in [1.807, 2.05) is 18.2 Å². The number of rotatable bonds is 5. The van der Waals surface area contributed by atoms with Crippen molar-refractivity contribution in [1.29, 1.82) is 0 Å².